The largest absolute Gasteiger partial charge is 0.497 e. The third kappa shape index (κ3) is 4.40. The van der Waals surface area contributed by atoms with E-state index in [-0.39, 0.29) is 4.90 Å². The van der Waals surface area contributed by atoms with Crippen LogP contribution in [0.2, 0.25) is 0 Å². The smallest absolute Gasteiger partial charge is 0.247 e. The molecule has 5 rings (SSSR count). The zero-order valence-electron chi connectivity index (χ0n) is 19.6. The molecule has 0 atom stereocenters. The highest BCUT2D eigenvalue weighted by Gasteiger charge is 2.32. The van der Waals surface area contributed by atoms with Gasteiger partial charge in [0.1, 0.15) is 22.1 Å². The van der Waals surface area contributed by atoms with Crippen molar-refractivity contribution in [1.29, 1.82) is 0 Å². The first kappa shape index (κ1) is 23.1. The van der Waals surface area contributed by atoms with Gasteiger partial charge in [0.15, 0.2) is 5.82 Å². The monoisotopic (exact) mass is 490 g/mol. The highest BCUT2D eigenvalue weighted by Crippen LogP contribution is 2.33. The van der Waals surface area contributed by atoms with E-state index in [0.717, 1.165) is 28.1 Å². The van der Waals surface area contributed by atoms with Gasteiger partial charge < -0.3 is 14.4 Å². The summed E-state index contributed by atoms with van der Waals surface area (Å²) in [5, 5.41) is 0. The van der Waals surface area contributed by atoms with Crippen LogP contribution < -0.4 is 14.4 Å². The maximum atomic E-state index is 13.5. The van der Waals surface area contributed by atoms with E-state index in [1.165, 1.54) is 24.6 Å². The molecule has 0 bridgehead atoms. The van der Waals surface area contributed by atoms with E-state index in [1.807, 2.05) is 54.6 Å². The fraction of sp³-hybridized carbons (Fsp3) is 0.231. The normalized spacial score (nSPS) is 14.7. The minimum Gasteiger partial charge on any atom is -0.497 e. The lowest BCUT2D eigenvalue weighted by atomic mass is 10.1. The van der Waals surface area contributed by atoms with E-state index in [9.17, 15) is 8.42 Å². The van der Waals surface area contributed by atoms with Gasteiger partial charge in [0.25, 0.3) is 0 Å². The van der Waals surface area contributed by atoms with Crippen LogP contribution in [0.1, 0.15) is 0 Å². The molecule has 1 aliphatic rings. The molecule has 3 aromatic carbocycles. The molecule has 1 aromatic heterocycles. The lowest BCUT2D eigenvalue weighted by Gasteiger charge is -2.35. The molecule has 2 heterocycles. The van der Waals surface area contributed by atoms with E-state index in [1.54, 1.807) is 12.1 Å². The minimum atomic E-state index is -3.77. The summed E-state index contributed by atoms with van der Waals surface area (Å²) in [4.78, 5) is 12.0. The minimum absolute atomic E-state index is 0.100. The number of methoxy groups -OCH3 is 2. The maximum absolute atomic E-state index is 13.5. The number of aromatic nitrogens is 2. The Morgan fingerprint density at radius 3 is 2.09 bits per heavy atom. The molecule has 1 fully saturated rings. The fourth-order valence-corrected chi connectivity index (χ4v) is 5.86. The summed E-state index contributed by atoms with van der Waals surface area (Å²) in [5.41, 5.74) is 3.38. The highest BCUT2D eigenvalue weighted by molar-refractivity contribution is 7.89. The number of hydrogen-bond donors (Lipinski definition) is 0. The Bertz CT molecular complexity index is 1450. The third-order valence-electron chi connectivity index (χ3n) is 6.13. The number of piperazine rings is 1. The Morgan fingerprint density at radius 2 is 1.43 bits per heavy atom. The Kier molecular flexibility index (Phi) is 6.27. The molecule has 4 aromatic rings. The van der Waals surface area contributed by atoms with E-state index in [2.05, 4.69) is 4.90 Å². The van der Waals surface area contributed by atoms with Gasteiger partial charge in [-0.1, -0.05) is 42.5 Å². The van der Waals surface area contributed by atoms with Gasteiger partial charge in [0, 0.05) is 37.8 Å². The summed E-state index contributed by atoms with van der Waals surface area (Å²) in [5.74, 6) is 1.51. The van der Waals surface area contributed by atoms with Crippen molar-refractivity contribution in [2.24, 2.45) is 0 Å². The van der Waals surface area contributed by atoms with Crippen LogP contribution >= 0.6 is 0 Å². The zero-order valence-corrected chi connectivity index (χ0v) is 20.4. The molecular formula is C26H26N4O4S. The summed E-state index contributed by atoms with van der Waals surface area (Å²) < 4.78 is 39.0. The van der Waals surface area contributed by atoms with Crippen molar-refractivity contribution in [2.45, 2.75) is 4.90 Å². The maximum Gasteiger partial charge on any atom is 0.247 e. The summed E-state index contributed by atoms with van der Waals surface area (Å²) >= 11 is 0. The highest BCUT2D eigenvalue weighted by atomic mass is 32.2. The number of para-hydroxylation sites is 2. The summed E-state index contributed by atoms with van der Waals surface area (Å²) in [6.07, 6.45) is 0. The molecule has 35 heavy (non-hydrogen) atoms. The third-order valence-corrected chi connectivity index (χ3v) is 8.05. The predicted octanol–water partition coefficient (Wildman–Crippen LogP) is 3.82. The standard InChI is InChI=1S/C26H26N4O4S/c1-33-20-12-13-23(34-2)24(18-20)35(31,32)30-16-14-29(15-17-30)26-25(19-8-4-3-5-9-19)27-21-10-6-7-11-22(21)28-26/h3-13,18H,14-17H2,1-2H3. The van der Waals surface area contributed by atoms with Gasteiger partial charge in [0.2, 0.25) is 10.0 Å². The van der Waals surface area contributed by atoms with Gasteiger partial charge in [0.05, 0.1) is 25.3 Å². The summed E-state index contributed by atoms with van der Waals surface area (Å²) in [6, 6.07) is 22.5. The molecule has 0 amide bonds. The first-order valence-electron chi connectivity index (χ1n) is 11.3. The van der Waals surface area contributed by atoms with Crippen molar-refractivity contribution >= 4 is 26.9 Å². The second-order valence-corrected chi connectivity index (χ2v) is 10.1. The summed E-state index contributed by atoms with van der Waals surface area (Å²) in [6.45, 7) is 1.59. The number of ether oxygens (including phenoxy) is 2. The van der Waals surface area contributed by atoms with Crippen molar-refractivity contribution in [2.75, 3.05) is 45.3 Å². The molecule has 0 spiro atoms. The molecule has 0 N–H and O–H groups in total. The van der Waals surface area contributed by atoms with E-state index >= 15 is 0 Å². The second kappa shape index (κ2) is 9.52. The molecule has 1 aliphatic heterocycles. The molecule has 1 saturated heterocycles. The van der Waals surface area contributed by atoms with Crippen LogP contribution in [0.3, 0.4) is 0 Å². The Morgan fingerprint density at radius 1 is 0.771 bits per heavy atom. The average Bonchev–Trinajstić information content (AvgIpc) is 2.92. The number of rotatable bonds is 6. The number of benzene rings is 3. The van der Waals surface area contributed by atoms with Crippen molar-refractivity contribution in [3.8, 4) is 22.8 Å². The number of fused-ring (bicyclic) bond motifs is 1. The van der Waals surface area contributed by atoms with Crippen molar-refractivity contribution in [3.05, 3.63) is 72.8 Å². The van der Waals surface area contributed by atoms with Crippen molar-refractivity contribution in [1.82, 2.24) is 14.3 Å². The molecular weight excluding hydrogens is 464 g/mol. The number of nitrogens with zero attached hydrogens (tertiary/aromatic N) is 4. The fourth-order valence-electron chi connectivity index (χ4n) is 4.27. The molecule has 8 nitrogen and oxygen atoms in total. The van der Waals surface area contributed by atoms with Crippen LogP contribution in [0.5, 0.6) is 11.5 Å². The first-order chi connectivity index (χ1) is 17.0. The Labute approximate surface area is 204 Å². The quantitative estimate of drug-likeness (QED) is 0.406. The van der Waals surface area contributed by atoms with Gasteiger partial charge in [-0.15, -0.1) is 0 Å². The summed E-state index contributed by atoms with van der Waals surface area (Å²) in [7, 11) is -0.808. The van der Waals surface area contributed by atoms with Gasteiger partial charge in [-0.25, -0.2) is 18.4 Å². The molecule has 0 unspecified atom stereocenters. The molecule has 180 valence electrons. The van der Waals surface area contributed by atoms with E-state index < -0.39 is 10.0 Å². The van der Waals surface area contributed by atoms with Gasteiger partial charge in [-0.2, -0.15) is 4.31 Å². The average molecular weight is 491 g/mol. The van der Waals surface area contributed by atoms with Crippen molar-refractivity contribution < 1.29 is 17.9 Å². The zero-order chi connectivity index (χ0) is 24.4. The van der Waals surface area contributed by atoms with E-state index in [0.29, 0.717) is 37.7 Å². The number of hydrogen-bond acceptors (Lipinski definition) is 7. The molecule has 0 radical (unpaired) electrons. The van der Waals surface area contributed by atoms with Crippen LogP contribution in [0.15, 0.2) is 77.7 Å². The topological polar surface area (TPSA) is 84.9 Å². The number of anilines is 1. The predicted molar refractivity (Wildman–Crippen MR) is 135 cm³/mol. The molecule has 0 saturated carbocycles. The van der Waals surface area contributed by atoms with Crippen LogP contribution in [-0.4, -0.2) is 63.1 Å². The van der Waals surface area contributed by atoms with Crippen LogP contribution in [0, 0.1) is 0 Å². The second-order valence-electron chi connectivity index (χ2n) is 8.16. The molecule has 9 heteroatoms. The first-order valence-corrected chi connectivity index (χ1v) is 12.7. The number of sulfonamides is 1. The lowest BCUT2D eigenvalue weighted by molar-refractivity contribution is 0.370. The van der Waals surface area contributed by atoms with Crippen LogP contribution in [0.4, 0.5) is 5.82 Å². The lowest BCUT2D eigenvalue weighted by Crippen LogP contribution is -2.49. The van der Waals surface area contributed by atoms with E-state index in [4.69, 9.17) is 19.4 Å². The van der Waals surface area contributed by atoms with Gasteiger partial charge >= 0.3 is 0 Å². The van der Waals surface area contributed by atoms with Gasteiger partial charge in [-0.05, 0) is 24.3 Å². The van der Waals surface area contributed by atoms with Crippen LogP contribution in [-0.2, 0) is 10.0 Å². The Balaban J connectivity index is 1.46. The van der Waals surface area contributed by atoms with Crippen LogP contribution in [0.25, 0.3) is 22.3 Å². The molecule has 0 aliphatic carbocycles. The Hall–Kier alpha value is -3.69. The SMILES string of the molecule is COc1ccc(OC)c(S(=O)(=O)N2CCN(c3nc4ccccc4nc3-c3ccccc3)CC2)c1. The van der Waals surface area contributed by atoms with Gasteiger partial charge in [-0.3, -0.25) is 0 Å². The van der Waals surface area contributed by atoms with Crippen molar-refractivity contribution in [3.63, 3.8) is 0 Å².